The topological polar surface area (TPSA) is 63.3 Å². The molecule has 0 saturated heterocycles. The number of rotatable bonds is 6. The summed E-state index contributed by atoms with van der Waals surface area (Å²) in [7, 11) is 0. The van der Waals surface area contributed by atoms with Crippen LogP contribution in [0.15, 0.2) is 0 Å². The van der Waals surface area contributed by atoms with Gasteiger partial charge in [-0.3, -0.25) is 4.79 Å². The molecule has 0 radical (unpaired) electrons. The first kappa shape index (κ1) is 15.2. The summed E-state index contributed by atoms with van der Waals surface area (Å²) in [6, 6.07) is 0. The fourth-order valence-corrected chi connectivity index (χ4v) is 1.73. The molecule has 0 aromatic rings. The summed E-state index contributed by atoms with van der Waals surface area (Å²) < 4.78 is 36.3. The van der Waals surface area contributed by atoms with Crippen molar-refractivity contribution in [1.29, 1.82) is 0 Å². The third kappa shape index (κ3) is 4.83. The molecule has 0 spiro atoms. The summed E-state index contributed by atoms with van der Waals surface area (Å²) in [6.07, 6.45) is -5.74. The van der Waals surface area contributed by atoms with Gasteiger partial charge in [0.1, 0.15) is 0 Å². The van der Waals surface area contributed by atoms with Gasteiger partial charge in [-0.1, -0.05) is 13.8 Å². The summed E-state index contributed by atoms with van der Waals surface area (Å²) in [5.74, 6) is -1.25. The summed E-state index contributed by atoms with van der Waals surface area (Å²) in [6.45, 7) is 3.26. The first-order chi connectivity index (χ1) is 7.13. The highest BCUT2D eigenvalue weighted by Crippen LogP contribution is 2.35. The Morgan fingerprint density at radius 3 is 2.06 bits per heavy atom. The molecular formula is C10H18F3NO2. The zero-order valence-corrected chi connectivity index (χ0v) is 9.47. The molecule has 0 aromatic carbocycles. The molecule has 0 aromatic heterocycles. The number of alkyl halides is 3. The van der Waals surface area contributed by atoms with Crippen LogP contribution < -0.4 is 5.73 Å². The van der Waals surface area contributed by atoms with Crippen molar-refractivity contribution in [3.05, 3.63) is 0 Å². The van der Waals surface area contributed by atoms with Crippen molar-refractivity contribution in [3.63, 3.8) is 0 Å². The molecule has 0 fully saturated rings. The minimum Gasteiger partial charge on any atom is -0.481 e. The zero-order valence-electron chi connectivity index (χ0n) is 9.47. The van der Waals surface area contributed by atoms with E-state index in [1.54, 1.807) is 13.8 Å². The molecule has 1 atom stereocenters. The van der Waals surface area contributed by atoms with Crippen LogP contribution >= 0.6 is 0 Å². The summed E-state index contributed by atoms with van der Waals surface area (Å²) in [4.78, 5) is 11.1. The highest BCUT2D eigenvalue weighted by atomic mass is 19.4. The van der Waals surface area contributed by atoms with E-state index < -0.39 is 30.4 Å². The second-order valence-corrected chi connectivity index (χ2v) is 4.50. The van der Waals surface area contributed by atoms with Crippen LogP contribution in [0, 0.1) is 11.3 Å². The van der Waals surface area contributed by atoms with Gasteiger partial charge < -0.3 is 10.8 Å². The van der Waals surface area contributed by atoms with Crippen LogP contribution in [0.1, 0.15) is 33.1 Å². The summed E-state index contributed by atoms with van der Waals surface area (Å²) in [5.41, 5.74) is 3.88. The molecule has 6 heteroatoms. The number of hydrogen-bond donors (Lipinski definition) is 2. The molecule has 0 aliphatic rings. The van der Waals surface area contributed by atoms with Crippen molar-refractivity contribution in [3.8, 4) is 0 Å². The zero-order chi connectivity index (χ0) is 13.0. The van der Waals surface area contributed by atoms with E-state index in [1.807, 2.05) is 0 Å². The van der Waals surface area contributed by atoms with Crippen molar-refractivity contribution in [2.24, 2.45) is 17.1 Å². The van der Waals surface area contributed by atoms with Gasteiger partial charge in [-0.25, -0.2) is 0 Å². The molecule has 0 amide bonds. The van der Waals surface area contributed by atoms with Gasteiger partial charge in [0.15, 0.2) is 0 Å². The van der Waals surface area contributed by atoms with Gasteiger partial charge in [-0.05, 0) is 18.8 Å². The molecule has 0 saturated carbocycles. The van der Waals surface area contributed by atoms with E-state index in [0.29, 0.717) is 0 Å². The normalized spacial score (nSPS) is 16.2. The highest BCUT2D eigenvalue weighted by molar-refractivity contribution is 5.74. The predicted molar refractivity (Wildman–Crippen MR) is 53.9 cm³/mol. The maximum atomic E-state index is 12.1. The Hall–Kier alpha value is -0.780. The largest absolute Gasteiger partial charge is 0.481 e. The molecule has 96 valence electrons. The lowest BCUT2D eigenvalue weighted by Crippen LogP contribution is -2.40. The molecule has 0 aliphatic carbocycles. The van der Waals surface area contributed by atoms with E-state index in [4.69, 9.17) is 10.8 Å². The Bertz CT molecular complexity index is 241. The van der Waals surface area contributed by atoms with Crippen LogP contribution in [0.25, 0.3) is 0 Å². The monoisotopic (exact) mass is 241 g/mol. The Labute approximate surface area is 92.8 Å². The first-order valence-electron chi connectivity index (χ1n) is 5.13. The Morgan fingerprint density at radius 2 is 1.81 bits per heavy atom. The van der Waals surface area contributed by atoms with Crippen LogP contribution in [-0.2, 0) is 4.79 Å². The quantitative estimate of drug-likeness (QED) is 0.750. The van der Waals surface area contributed by atoms with Crippen LogP contribution in [0.2, 0.25) is 0 Å². The second kappa shape index (κ2) is 5.52. The molecular weight excluding hydrogens is 223 g/mol. The van der Waals surface area contributed by atoms with Crippen molar-refractivity contribution in [2.45, 2.75) is 39.3 Å². The third-order valence-electron chi connectivity index (χ3n) is 2.53. The van der Waals surface area contributed by atoms with E-state index in [-0.39, 0.29) is 18.9 Å². The second-order valence-electron chi connectivity index (χ2n) is 4.50. The lowest BCUT2D eigenvalue weighted by atomic mass is 9.76. The molecule has 3 N–H and O–H groups in total. The van der Waals surface area contributed by atoms with Gasteiger partial charge in [0.25, 0.3) is 0 Å². The number of carboxylic acid groups (broad SMARTS) is 1. The number of carbonyl (C=O) groups is 1. The Balaban J connectivity index is 4.71. The first-order valence-corrected chi connectivity index (χ1v) is 5.13. The van der Waals surface area contributed by atoms with E-state index in [1.165, 1.54) is 0 Å². The van der Waals surface area contributed by atoms with Crippen molar-refractivity contribution in [1.82, 2.24) is 0 Å². The average molecular weight is 241 g/mol. The highest BCUT2D eigenvalue weighted by Gasteiger charge is 2.41. The SMILES string of the molecule is CC(C)CC(CN)(CCC(F)(F)F)C(=O)O. The molecule has 3 nitrogen and oxygen atoms in total. The van der Waals surface area contributed by atoms with E-state index in [0.717, 1.165) is 0 Å². The fraction of sp³-hybridized carbons (Fsp3) is 0.900. The number of halogens is 3. The lowest BCUT2D eigenvalue weighted by molar-refractivity contribution is -0.158. The van der Waals surface area contributed by atoms with Gasteiger partial charge >= 0.3 is 12.1 Å². The van der Waals surface area contributed by atoms with Crippen LogP contribution in [0.4, 0.5) is 13.2 Å². The Kier molecular flexibility index (Phi) is 5.25. The van der Waals surface area contributed by atoms with Crippen LogP contribution in [-0.4, -0.2) is 23.8 Å². The third-order valence-corrected chi connectivity index (χ3v) is 2.53. The number of hydrogen-bond acceptors (Lipinski definition) is 2. The lowest BCUT2D eigenvalue weighted by Gasteiger charge is -2.30. The molecule has 0 aliphatic heterocycles. The molecule has 16 heavy (non-hydrogen) atoms. The predicted octanol–water partition coefficient (Wildman–Crippen LogP) is 2.40. The molecule has 0 heterocycles. The smallest absolute Gasteiger partial charge is 0.389 e. The minimum atomic E-state index is -4.34. The van der Waals surface area contributed by atoms with Gasteiger partial charge in [0.2, 0.25) is 0 Å². The maximum Gasteiger partial charge on any atom is 0.389 e. The Morgan fingerprint density at radius 1 is 1.31 bits per heavy atom. The number of carboxylic acids is 1. The minimum absolute atomic E-state index is 0.00659. The van der Waals surface area contributed by atoms with Crippen LogP contribution in [0.5, 0.6) is 0 Å². The van der Waals surface area contributed by atoms with Gasteiger partial charge in [0.05, 0.1) is 5.41 Å². The van der Waals surface area contributed by atoms with Crippen molar-refractivity contribution >= 4 is 5.97 Å². The number of aliphatic carboxylic acids is 1. The molecule has 0 bridgehead atoms. The molecule has 1 unspecified atom stereocenters. The van der Waals surface area contributed by atoms with E-state index >= 15 is 0 Å². The van der Waals surface area contributed by atoms with Gasteiger partial charge in [-0.2, -0.15) is 13.2 Å². The molecule has 0 rings (SSSR count). The number of nitrogens with two attached hydrogens (primary N) is 1. The van der Waals surface area contributed by atoms with Gasteiger partial charge in [0, 0.05) is 13.0 Å². The summed E-state index contributed by atoms with van der Waals surface area (Å²) >= 11 is 0. The van der Waals surface area contributed by atoms with E-state index in [2.05, 4.69) is 0 Å². The van der Waals surface area contributed by atoms with E-state index in [9.17, 15) is 18.0 Å². The average Bonchev–Trinajstić information content (AvgIpc) is 2.09. The fourth-order valence-electron chi connectivity index (χ4n) is 1.73. The van der Waals surface area contributed by atoms with Gasteiger partial charge in [-0.15, -0.1) is 0 Å². The standard InChI is InChI=1S/C10H18F3NO2/c1-7(2)5-9(6-14,8(15)16)3-4-10(11,12)13/h7H,3-6,14H2,1-2H3,(H,15,16). The maximum absolute atomic E-state index is 12.1. The van der Waals surface area contributed by atoms with Crippen molar-refractivity contribution in [2.75, 3.05) is 6.54 Å². The van der Waals surface area contributed by atoms with Crippen molar-refractivity contribution < 1.29 is 23.1 Å². The summed E-state index contributed by atoms with van der Waals surface area (Å²) in [5, 5.41) is 9.02. The van der Waals surface area contributed by atoms with Crippen LogP contribution in [0.3, 0.4) is 0 Å².